The van der Waals surface area contributed by atoms with Gasteiger partial charge in [0.15, 0.2) is 22.2 Å². The summed E-state index contributed by atoms with van der Waals surface area (Å²) < 4.78 is 22.5. The average Bonchev–Trinajstić information content (AvgIpc) is 3.26. The predicted molar refractivity (Wildman–Crippen MR) is 135 cm³/mol. The second-order valence-corrected chi connectivity index (χ2v) is 8.24. The number of hydrogen-bond donors (Lipinski definition) is 2. The lowest BCUT2D eigenvalue weighted by Crippen LogP contribution is -2.34. The quantitative estimate of drug-likeness (QED) is 0.332. The number of fused-ring (bicyclic) bond motifs is 1. The van der Waals surface area contributed by atoms with Gasteiger partial charge in [-0.1, -0.05) is 0 Å². The van der Waals surface area contributed by atoms with Crippen LogP contribution in [0.15, 0.2) is 57.7 Å². The molecule has 1 amide bonds. The number of thiocarbonyl (C=S) groups is 1. The summed E-state index contributed by atoms with van der Waals surface area (Å²) in [5.74, 6) is 1.11. The van der Waals surface area contributed by atoms with E-state index in [1.807, 2.05) is 6.07 Å². The molecule has 0 fully saturated rings. The van der Waals surface area contributed by atoms with E-state index in [-0.39, 0.29) is 10.7 Å². The number of benzene rings is 2. The number of oxazole rings is 1. The second-order valence-electron chi connectivity index (χ2n) is 6.92. The Balaban J connectivity index is 1.49. The van der Waals surface area contributed by atoms with E-state index in [1.54, 1.807) is 42.7 Å². The van der Waals surface area contributed by atoms with Crippen molar-refractivity contribution in [3.05, 3.63) is 58.8 Å². The van der Waals surface area contributed by atoms with Crippen molar-refractivity contribution < 1.29 is 23.4 Å². The second kappa shape index (κ2) is 10.1. The van der Waals surface area contributed by atoms with Crippen LogP contribution in [-0.2, 0) is 0 Å². The van der Waals surface area contributed by atoms with Gasteiger partial charge in [0.1, 0.15) is 5.52 Å². The number of rotatable bonds is 6. The van der Waals surface area contributed by atoms with Gasteiger partial charge in [-0.3, -0.25) is 15.1 Å². The fraction of sp³-hybridized carbons (Fsp3) is 0.130. The third kappa shape index (κ3) is 4.95. The summed E-state index contributed by atoms with van der Waals surface area (Å²) in [4.78, 5) is 21.4. The zero-order chi connectivity index (χ0) is 24.2. The topological polar surface area (TPSA) is 108 Å². The van der Waals surface area contributed by atoms with Crippen LogP contribution in [-0.4, -0.2) is 42.3 Å². The van der Waals surface area contributed by atoms with Crippen LogP contribution in [0.25, 0.3) is 22.6 Å². The number of nitrogens with one attached hydrogen (secondary N) is 2. The Kier molecular flexibility index (Phi) is 6.94. The lowest BCUT2D eigenvalue weighted by Gasteiger charge is -2.14. The molecule has 4 aromatic rings. The maximum Gasteiger partial charge on any atom is 0.257 e. The molecule has 0 saturated heterocycles. The van der Waals surface area contributed by atoms with Crippen molar-refractivity contribution >= 4 is 56.0 Å². The SMILES string of the molecule is COc1cc(C(=O)NC(=S)Nc2ccc3oc(-c4cncc(Br)c4)nc3c2)cc(OC)c1OC. The largest absolute Gasteiger partial charge is 0.493 e. The van der Waals surface area contributed by atoms with Crippen molar-refractivity contribution in [1.29, 1.82) is 0 Å². The summed E-state index contributed by atoms with van der Waals surface area (Å²) in [6, 6.07) is 10.3. The van der Waals surface area contributed by atoms with Crippen molar-refractivity contribution in [3.63, 3.8) is 0 Å². The third-order valence-corrected chi connectivity index (χ3v) is 5.39. The van der Waals surface area contributed by atoms with Crippen LogP contribution in [0.1, 0.15) is 10.4 Å². The molecule has 174 valence electrons. The van der Waals surface area contributed by atoms with Crippen LogP contribution in [0, 0.1) is 0 Å². The Morgan fingerprint density at radius 1 is 1.03 bits per heavy atom. The average molecular weight is 543 g/mol. The van der Waals surface area contributed by atoms with Gasteiger partial charge in [0.25, 0.3) is 5.91 Å². The Morgan fingerprint density at radius 3 is 2.41 bits per heavy atom. The lowest BCUT2D eigenvalue weighted by molar-refractivity contribution is 0.0977. The Hall–Kier alpha value is -3.70. The molecule has 0 saturated carbocycles. The maximum absolute atomic E-state index is 12.8. The molecule has 2 aromatic carbocycles. The first-order chi connectivity index (χ1) is 16.4. The monoisotopic (exact) mass is 542 g/mol. The van der Waals surface area contributed by atoms with Crippen LogP contribution < -0.4 is 24.8 Å². The summed E-state index contributed by atoms with van der Waals surface area (Å²) in [5, 5.41) is 5.73. The van der Waals surface area contributed by atoms with E-state index in [0.29, 0.717) is 39.9 Å². The molecule has 0 bridgehead atoms. The molecule has 0 aliphatic rings. The highest BCUT2D eigenvalue weighted by Crippen LogP contribution is 2.38. The van der Waals surface area contributed by atoms with Gasteiger partial charge in [0, 0.05) is 28.1 Å². The summed E-state index contributed by atoms with van der Waals surface area (Å²) in [5.41, 5.74) is 2.90. The van der Waals surface area contributed by atoms with Gasteiger partial charge in [-0.25, -0.2) is 4.98 Å². The molecular formula is C23H19BrN4O5S. The van der Waals surface area contributed by atoms with Gasteiger partial charge < -0.3 is 23.9 Å². The number of halogens is 1. The maximum atomic E-state index is 12.8. The number of carbonyl (C=O) groups excluding carboxylic acids is 1. The minimum atomic E-state index is -0.441. The van der Waals surface area contributed by atoms with E-state index in [2.05, 4.69) is 36.5 Å². The molecule has 2 heterocycles. The van der Waals surface area contributed by atoms with Crippen LogP contribution in [0.5, 0.6) is 17.2 Å². The molecular weight excluding hydrogens is 524 g/mol. The van der Waals surface area contributed by atoms with Crippen LogP contribution in [0.2, 0.25) is 0 Å². The van der Waals surface area contributed by atoms with Gasteiger partial charge >= 0.3 is 0 Å². The number of hydrogen-bond acceptors (Lipinski definition) is 8. The van der Waals surface area contributed by atoms with E-state index >= 15 is 0 Å². The number of ether oxygens (including phenoxy) is 3. The molecule has 4 rings (SSSR count). The zero-order valence-electron chi connectivity index (χ0n) is 18.3. The first kappa shape index (κ1) is 23.5. The highest BCUT2D eigenvalue weighted by molar-refractivity contribution is 9.10. The number of aromatic nitrogens is 2. The van der Waals surface area contributed by atoms with Gasteiger partial charge in [0.2, 0.25) is 11.6 Å². The fourth-order valence-corrected chi connectivity index (χ4v) is 3.78. The highest BCUT2D eigenvalue weighted by Gasteiger charge is 2.18. The fourth-order valence-electron chi connectivity index (χ4n) is 3.21. The number of carbonyl (C=O) groups is 1. The molecule has 34 heavy (non-hydrogen) atoms. The number of anilines is 1. The van der Waals surface area contributed by atoms with Gasteiger partial charge in [0.05, 0.1) is 26.9 Å². The van der Waals surface area contributed by atoms with E-state index in [9.17, 15) is 4.79 Å². The molecule has 9 nitrogen and oxygen atoms in total. The normalized spacial score (nSPS) is 10.6. The van der Waals surface area contributed by atoms with Crippen LogP contribution in [0.4, 0.5) is 5.69 Å². The number of nitrogens with zero attached hydrogens (tertiary/aromatic N) is 2. The molecule has 0 radical (unpaired) electrons. The Morgan fingerprint density at radius 2 is 1.76 bits per heavy atom. The Labute approximate surface area is 208 Å². The van der Waals surface area contributed by atoms with Crippen molar-refractivity contribution in [2.24, 2.45) is 0 Å². The molecule has 0 atom stereocenters. The predicted octanol–water partition coefficient (Wildman–Crippen LogP) is 4.80. The molecule has 2 aromatic heterocycles. The van der Waals surface area contributed by atoms with E-state index < -0.39 is 5.91 Å². The minimum absolute atomic E-state index is 0.109. The molecule has 0 spiro atoms. The molecule has 2 N–H and O–H groups in total. The molecule has 0 aliphatic heterocycles. The van der Waals surface area contributed by atoms with Gasteiger partial charge in [-0.15, -0.1) is 0 Å². The van der Waals surface area contributed by atoms with Crippen molar-refractivity contribution in [1.82, 2.24) is 15.3 Å². The summed E-state index contributed by atoms with van der Waals surface area (Å²) in [7, 11) is 4.44. The standard InChI is InChI=1S/C23H19BrN4O5S/c1-30-18-7-12(8-19(31-2)20(18)32-3)21(29)28-23(34)26-15-4-5-17-16(9-15)27-22(33-17)13-6-14(24)11-25-10-13/h4-11H,1-3H3,(H2,26,28,29,34). The number of methoxy groups -OCH3 is 3. The van der Waals surface area contributed by atoms with Crippen molar-refractivity contribution in [2.45, 2.75) is 0 Å². The highest BCUT2D eigenvalue weighted by atomic mass is 79.9. The van der Waals surface area contributed by atoms with Crippen LogP contribution >= 0.6 is 28.1 Å². The lowest BCUT2D eigenvalue weighted by atomic mass is 10.1. The molecule has 0 aliphatic carbocycles. The summed E-state index contributed by atoms with van der Waals surface area (Å²) in [6.45, 7) is 0. The van der Waals surface area contributed by atoms with E-state index in [1.165, 1.54) is 21.3 Å². The summed E-state index contributed by atoms with van der Waals surface area (Å²) in [6.07, 6.45) is 3.35. The number of pyridine rings is 1. The Bertz CT molecular complexity index is 1370. The van der Waals surface area contributed by atoms with Crippen molar-refractivity contribution in [3.8, 4) is 28.7 Å². The minimum Gasteiger partial charge on any atom is -0.493 e. The van der Waals surface area contributed by atoms with Gasteiger partial charge in [-0.2, -0.15) is 0 Å². The summed E-state index contributed by atoms with van der Waals surface area (Å²) >= 11 is 8.71. The first-order valence-corrected chi connectivity index (χ1v) is 11.1. The third-order valence-electron chi connectivity index (χ3n) is 4.75. The first-order valence-electron chi connectivity index (χ1n) is 9.85. The number of amides is 1. The zero-order valence-corrected chi connectivity index (χ0v) is 20.7. The van der Waals surface area contributed by atoms with Crippen LogP contribution in [0.3, 0.4) is 0 Å². The molecule has 0 unspecified atom stereocenters. The van der Waals surface area contributed by atoms with E-state index in [4.69, 9.17) is 30.8 Å². The van der Waals surface area contributed by atoms with Gasteiger partial charge in [-0.05, 0) is 64.5 Å². The van der Waals surface area contributed by atoms with E-state index in [0.717, 1.165) is 10.0 Å². The van der Waals surface area contributed by atoms with Crippen molar-refractivity contribution in [2.75, 3.05) is 26.6 Å². The molecule has 11 heteroatoms. The smallest absolute Gasteiger partial charge is 0.257 e.